The highest BCUT2D eigenvalue weighted by Gasteiger charge is 2.19. The second kappa shape index (κ2) is 7.09. The van der Waals surface area contributed by atoms with E-state index < -0.39 is 5.97 Å². The third-order valence-corrected chi connectivity index (χ3v) is 3.19. The minimum Gasteiger partial charge on any atom is -0.497 e. The molecule has 2 rings (SSSR count). The monoisotopic (exact) mass is 293 g/mol. The van der Waals surface area contributed by atoms with Gasteiger partial charge in [0.15, 0.2) is 0 Å². The number of hydrogen-bond donors (Lipinski definition) is 0. The van der Waals surface area contributed by atoms with Crippen LogP contribution in [0.15, 0.2) is 60.2 Å². The van der Waals surface area contributed by atoms with Crippen molar-refractivity contribution in [2.75, 3.05) is 14.2 Å². The Labute approximate surface area is 129 Å². The van der Waals surface area contributed by atoms with Crippen molar-refractivity contribution >= 4 is 11.5 Å². The number of nitriles is 1. The van der Waals surface area contributed by atoms with Crippen LogP contribution in [0.2, 0.25) is 0 Å². The number of nitrogens with zero attached hydrogens (tertiary/aromatic N) is 1. The van der Waals surface area contributed by atoms with Gasteiger partial charge >= 0.3 is 5.97 Å². The van der Waals surface area contributed by atoms with Gasteiger partial charge in [-0.05, 0) is 23.3 Å². The first-order valence-corrected chi connectivity index (χ1v) is 6.63. The number of carbonyl (C=O) groups is 1. The maximum Gasteiger partial charge on any atom is 0.349 e. The number of ether oxygens (including phenoxy) is 2. The molecular weight excluding hydrogens is 278 g/mol. The Morgan fingerprint density at radius 3 is 2.05 bits per heavy atom. The van der Waals surface area contributed by atoms with Crippen molar-refractivity contribution in [2.24, 2.45) is 0 Å². The molecule has 0 saturated heterocycles. The summed E-state index contributed by atoms with van der Waals surface area (Å²) in [4.78, 5) is 11.9. The van der Waals surface area contributed by atoms with E-state index in [9.17, 15) is 10.1 Å². The average molecular weight is 293 g/mol. The predicted octanol–water partition coefficient (Wildman–Crippen LogP) is 3.19. The molecule has 0 unspecified atom stereocenters. The predicted molar refractivity (Wildman–Crippen MR) is 83.1 cm³/mol. The van der Waals surface area contributed by atoms with E-state index in [2.05, 4.69) is 0 Å². The van der Waals surface area contributed by atoms with Gasteiger partial charge < -0.3 is 9.47 Å². The SMILES string of the molecule is COC(=O)C(C#N)=C(c1ccccc1)c1ccc(OC)cc1. The Balaban J connectivity index is 2.67. The third-order valence-electron chi connectivity index (χ3n) is 3.19. The van der Waals surface area contributed by atoms with Crippen LogP contribution < -0.4 is 4.74 Å². The molecule has 0 fully saturated rings. The van der Waals surface area contributed by atoms with Crippen LogP contribution in [0, 0.1) is 11.3 Å². The zero-order valence-corrected chi connectivity index (χ0v) is 12.4. The number of hydrogen-bond acceptors (Lipinski definition) is 4. The lowest BCUT2D eigenvalue weighted by Gasteiger charge is -2.11. The zero-order valence-electron chi connectivity index (χ0n) is 12.4. The second-order valence-electron chi connectivity index (χ2n) is 4.45. The molecule has 0 atom stereocenters. The number of carbonyl (C=O) groups excluding carboxylic acids is 1. The van der Waals surface area contributed by atoms with Crippen molar-refractivity contribution < 1.29 is 14.3 Å². The molecule has 0 heterocycles. The van der Waals surface area contributed by atoms with Crippen LogP contribution in [0.1, 0.15) is 11.1 Å². The summed E-state index contributed by atoms with van der Waals surface area (Å²) >= 11 is 0. The maximum atomic E-state index is 11.9. The van der Waals surface area contributed by atoms with Gasteiger partial charge in [-0.2, -0.15) is 5.26 Å². The zero-order chi connectivity index (χ0) is 15.9. The molecule has 0 aromatic heterocycles. The van der Waals surface area contributed by atoms with Crippen molar-refractivity contribution in [1.29, 1.82) is 5.26 Å². The highest BCUT2D eigenvalue weighted by molar-refractivity contribution is 6.05. The highest BCUT2D eigenvalue weighted by Crippen LogP contribution is 2.28. The van der Waals surface area contributed by atoms with Crippen molar-refractivity contribution in [3.8, 4) is 11.8 Å². The first-order chi connectivity index (χ1) is 10.7. The van der Waals surface area contributed by atoms with Gasteiger partial charge in [-0.25, -0.2) is 4.79 Å². The molecule has 110 valence electrons. The van der Waals surface area contributed by atoms with Gasteiger partial charge in [0.25, 0.3) is 0 Å². The Kier molecular flexibility index (Phi) is 4.94. The normalized spacial score (nSPS) is 11.1. The molecule has 0 bridgehead atoms. The lowest BCUT2D eigenvalue weighted by Crippen LogP contribution is -2.07. The quantitative estimate of drug-likeness (QED) is 0.493. The van der Waals surface area contributed by atoms with Crippen LogP contribution >= 0.6 is 0 Å². The molecule has 0 aliphatic heterocycles. The molecule has 4 nitrogen and oxygen atoms in total. The summed E-state index contributed by atoms with van der Waals surface area (Å²) in [7, 11) is 2.84. The van der Waals surface area contributed by atoms with Crippen molar-refractivity contribution in [1.82, 2.24) is 0 Å². The van der Waals surface area contributed by atoms with Gasteiger partial charge in [0.05, 0.1) is 14.2 Å². The Bertz CT molecular complexity index is 725. The first kappa shape index (κ1) is 15.3. The van der Waals surface area contributed by atoms with Crippen LogP contribution in [0.4, 0.5) is 0 Å². The van der Waals surface area contributed by atoms with Crippen LogP contribution in [-0.4, -0.2) is 20.2 Å². The van der Waals surface area contributed by atoms with E-state index in [1.165, 1.54) is 7.11 Å². The number of benzene rings is 2. The minimum absolute atomic E-state index is 0.0288. The smallest absolute Gasteiger partial charge is 0.349 e. The van der Waals surface area contributed by atoms with E-state index in [4.69, 9.17) is 9.47 Å². The van der Waals surface area contributed by atoms with E-state index in [1.807, 2.05) is 36.4 Å². The summed E-state index contributed by atoms with van der Waals surface area (Å²) in [5.41, 5.74) is 2.03. The highest BCUT2D eigenvalue weighted by atomic mass is 16.5. The van der Waals surface area contributed by atoms with Gasteiger partial charge in [0.1, 0.15) is 17.4 Å². The molecule has 22 heavy (non-hydrogen) atoms. The van der Waals surface area contributed by atoms with E-state index in [0.29, 0.717) is 11.3 Å². The summed E-state index contributed by atoms with van der Waals surface area (Å²) in [6.45, 7) is 0. The summed E-state index contributed by atoms with van der Waals surface area (Å²) < 4.78 is 9.87. The van der Waals surface area contributed by atoms with Gasteiger partial charge in [-0.1, -0.05) is 42.5 Å². The minimum atomic E-state index is -0.655. The van der Waals surface area contributed by atoms with Crippen molar-refractivity contribution in [2.45, 2.75) is 0 Å². The molecule has 0 spiro atoms. The molecule has 0 aliphatic rings. The standard InChI is InChI=1S/C18H15NO3/c1-21-15-10-8-14(9-11-15)17(13-6-4-3-5-7-13)16(12-19)18(20)22-2/h3-11H,1-2H3. The molecule has 0 radical (unpaired) electrons. The Hall–Kier alpha value is -3.06. The van der Waals surface area contributed by atoms with Crippen LogP contribution in [0.3, 0.4) is 0 Å². The van der Waals surface area contributed by atoms with Gasteiger partial charge in [-0.15, -0.1) is 0 Å². The van der Waals surface area contributed by atoms with Crippen LogP contribution in [-0.2, 0) is 9.53 Å². The number of rotatable bonds is 4. The molecule has 0 amide bonds. The van der Waals surface area contributed by atoms with E-state index in [-0.39, 0.29) is 5.57 Å². The topological polar surface area (TPSA) is 59.3 Å². The number of esters is 1. The molecule has 2 aromatic rings. The van der Waals surface area contributed by atoms with Gasteiger partial charge in [-0.3, -0.25) is 0 Å². The first-order valence-electron chi connectivity index (χ1n) is 6.63. The fourth-order valence-corrected chi connectivity index (χ4v) is 2.12. The lowest BCUT2D eigenvalue weighted by atomic mass is 9.93. The molecular formula is C18H15NO3. The molecule has 4 heteroatoms. The van der Waals surface area contributed by atoms with Gasteiger partial charge in [0.2, 0.25) is 0 Å². The second-order valence-corrected chi connectivity index (χ2v) is 4.45. The van der Waals surface area contributed by atoms with Crippen molar-refractivity contribution in [3.05, 3.63) is 71.3 Å². The molecule has 0 N–H and O–H groups in total. The molecule has 0 saturated carbocycles. The van der Waals surface area contributed by atoms with E-state index in [1.54, 1.807) is 31.4 Å². The van der Waals surface area contributed by atoms with Crippen LogP contribution in [0.25, 0.3) is 5.57 Å². The number of methoxy groups -OCH3 is 2. The largest absolute Gasteiger partial charge is 0.497 e. The fourth-order valence-electron chi connectivity index (χ4n) is 2.12. The van der Waals surface area contributed by atoms with Crippen LogP contribution in [0.5, 0.6) is 5.75 Å². The average Bonchev–Trinajstić information content (AvgIpc) is 2.60. The fraction of sp³-hybridized carbons (Fsp3) is 0.111. The van der Waals surface area contributed by atoms with Crippen molar-refractivity contribution in [3.63, 3.8) is 0 Å². The van der Waals surface area contributed by atoms with Gasteiger partial charge in [0, 0.05) is 5.57 Å². The summed E-state index contributed by atoms with van der Waals surface area (Å²) in [5, 5.41) is 9.39. The maximum absolute atomic E-state index is 11.9. The van der Waals surface area contributed by atoms with E-state index in [0.717, 1.165) is 11.1 Å². The summed E-state index contributed by atoms with van der Waals surface area (Å²) in [6, 6.07) is 18.4. The lowest BCUT2D eigenvalue weighted by molar-refractivity contribution is -0.135. The third kappa shape index (κ3) is 3.15. The summed E-state index contributed by atoms with van der Waals surface area (Å²) in [6.07, 6.45) is 0. The Morgan fingerprint density at radius 1 is 0.955 bits per heavy atom. The molecule has 0 aliphatic carbocycles. The Morgan fingerprint density at radius 2 is 1.55 bits per heavy atom. The molecule has 2 aromatic carbocycles. The summed E-state index contributed by atoms with van der Waals surface area (Å²) in [5.74, 6) is 0.0462. The van der Waals surface area contributed by atoms with E-state index >= 15 is 0 Å².